The predicted molar refractivity (Wildman–Crippen MR) is 72.8 cm³/mol. The van der Waals surface area contributed by atoms with Gasteiger partial charge in [-0.25, -0.2) is 0 Å². The predicted octanol–water partition coefficient (Wildman–Crippen LogP) is 3.73. The minimum atomic E-state index is 0.272. The summed E-state index contributed by atoms with van der Waals surface area (Å²) < 4.78 is 1.16. The van der Waals surface area contributed by atoms with Gasteiger partial charge in [-0.1, -0.05) is 41.9 Å². The smallest absolute Gasteiger partial charge is 0.0175 e. The molecule has 88 valence electrons. The minimum Gasteiger partial charge on any atom is -0.316 e. The molecule has 1 aliphatic heterocycles. The Morgan fingerprint density at radius 2 is 1.94 bits per heavy atom. The number of nitrogens with one attached hydrogen (secondary N) is 1. The van der Waals surface area contributed by atoms with Crippen LogP contribution in [0.1, 0.15) is 32.3 Å². The second kappa shape index (κ2) is 4.89. The first-order valence-corrected chi connectivity index (χ1v) is 6.87. The Kier molecular flexibility index (Phi) is 3.70. The maximum absolute atomic E-state index is 3.51. The molecule has 1 heterocycles. The first kappa shape index (κ1) is 12.1. The van der Waals surface area contributed by atoms with E-state index in [0.717, 1.165) is 16.9 Å². The quantitative estimate of drug-likeness (QED) is 0.871. The highest BCUT2D eigenvalue weighted by molar-refractivity contribution is 9.10. The van der Waals surface area contributed by atoms with Crippen molar-refractivity contribution >= 4 is 15.9 Å². The van der Waals surface area contributed by atoms with Gasteiger partial charge in [-0.05, 0) is 55.0 Å². The SMILES string of the molecule is CC(C)(c1ccc(Br)cc1)C1CCCNC1. The Bertz CT molecular complexity index is 336. The highest BCUT2D eigenvalue weighted by atomic mass is 79.9. The van der Waals surface area contributed by atoms with Crippen LogP contribution in [0.5, 0.6) is 0 Å². The summed E-state index contributed by atoms with van der Waals surface area (Å²) in [6.45, 7) is 7.08. The molecule has 0 spiro atoms. The van der Waals surface area contributed by atoms with Crippen molar-refractivity contribution < 1.29 is 0 Å². The van der Waals surface area contributed by atoms with E-state index in [0.29, 0.717) is 0 Å². The van der Waals surface area contributed by atoms with Gasteiger partial charge in [0.15, 0.2) is 0 Å². The van der Waals surface area contributed by atoms with Crippen molar-refractivity contribution in [2.45, 2.75) is 32.1 Å². The fourth-order valence-corrected chi connectivity index (χ4v) is 2.85. The van der Waals surface area contributed by atoms with E-state index in [1.165, 1.54) is 24.9 Å². The maximum atomic E-state index is 3.51. The summed E-state index contributed by atoms with van der Waals surface area (Å²) in [5.74, 6) is 0.752. The molecule has 2 heteroatoms. The average molecular weight is 282 g/mol. The lowest BCUT2D eigenvalue weighted by molar-refractivity contribution is 0.252. The lowest BCUT2D eigenvalue weighted by Crippen LogP contribution is -2.40. The molecule has 1 atom stereocenters. The van der Waals surface area contributed by atoms with E-state index >= 15 is 0 Å². The first-order chi connectivity index (χ1) is 7.60. The zero-order valence-corrected chi connectivity index (χ0v) is 11.7. The van der Waals surface area contributed by atoms with Crippen LogP contribution in [0, 0.1) is 5.92 Å². The minimum absolute atomic E-state index is 0.272. The van der Waals surface area contributed by atoms with Crippen LogP contribution in [0.15, 0.2) is 28.7 Å². The molecule has 0 bridgehead atoms. The van der Waals surface area contributed by atoms with E-state index in [9.17, 15) is 0 Å². The van der Waals surface area contributed by atoms with Gasteiger partial charge in [0.25, 0.3) is 0 Å². The molecular weight excluding hydrogens is 262 g/mol. The standard InChI is InChI=1S/C14H20BrN/c1-14(2,12-4-3-9-16-10-12)11-5-7-13(15)8-6-11/h5-8,12,16H,3-4,9-10H2,1-2H3. The van der Waals surface area contributed by atoms with Crippen LogP contribution >= 0.6 is 15.9 Å². The largest absolute Gasteiger partial charge is 0.316 e. The Hall–Kier alpha value is -0.340. The van der Waals surface area contributed by atoms with Crippen LogP contribution < -0.4 is 5.32 Å². The number of hydrogen-bond donors (Lipinski definition) is 1. The van der Waals surface area contributed by atoms with E-state index in [1.807, 2.05) is 0 Å². The van der Waals surface area contributed by atoms with E-state index in [2.05, 4.69) is 59.4 Å². The van der Waals surface area contributed by atoms with Gasteiger partial charge in [0.05, 0.1) is 0 Å². The molecule has 1 nitrogen and oxygen atoms in total. The number of benzene rings is 1. The van der Waals surface area contributed by atoms with Gasteiger partial charge in [0.2, 0.25) is 0 Å². The van der Waals surface area contributed by atoms with Crippen LogP contribution in [-0.2, 0) is 5.41 Å². The number of rotatable bonds is 2. The lowest BCUT2D eigenvalue weighted by atomic mass is 9.70. The molecule has 1 N–H and O–H groups in total. The average Bonchev–Trinajstić information content (AvgIpc) is 2.31. The van der Waals surface area contributed by atoms with Gasteiger partial charge in [-0.3, -0.25) is 0 Å². The summed E-state index contributed by atoms with van der Waals surface area (Å²) in [6, 6.07) is 8.79. The van der Waals surface area contributed by atoms with Crippen molar-refractivity contribution in [3.63, 3.8) is 0 Å². The van der Waals surface area contributed by atoms with Gasteiger partial charge in [-0.2, -0.15) is 0 Å². The summed E-state index contributed by atoms with van der Waals surface area (Å²) in [6.07, 6.45) is 2.65. The zero-order valence-electron chi connectivity index (χ0n) is 10.1. The van der Waals surface area contributed by atoms with E-state index in [1.54, 1.807) is 0 Å². The van der Waals surface area contributed by atoms with E-state index in [4.69, 9.17) is 0 Å². The Morgan fingerprint density at radius 3 is 2.50 bits per heavy atom. The van der Waals surface area contributed by atoms with Crippen molar-refractivity contribution in [3.05, 3.63) is 34.3 Å². The van der Waals surface area contributed by atoms with Crippen molar-refractivity contribution in [3.8, 4) is 0 Å². The molecule has 1 aromatic rings. The number of piperidine rings is 1. The molecular formula is C14H20BrN. The molecule has 1 aromatic carbocycles. The third-order valence-electron chi connectivity index (χ3n) is 3.91. The molecule has 16 heavy (non-hydrogen) atoms. The molecule has 1 saturated heterocycles. The molecule has 0 aromatic heterocycles. The lowest BCUT2D eigenvalue weighted by Gasteiger charge is -2.37. The fraction of sp³-hybridized carbons (Fsp3) is 0.571. The monoisotopic (exact) mass is 281 g/mol. The molecule has 0 radical (unpaired) electrons. The molecule has 2 rings (SSSR count). The summed E-state index contributed by atoms with van der Waals surface area (Å²) in [7, 11) is 0. The van der Waals surface area contributed by atoms with Gasteiger partial charge in [0.1, 0.15) is 0 Å². The summed E-state index contributed by atoms with van der Waals surface area (Å²) in [4.78, 5) is 0. The van der Waals surface area contributed by atoms with E-state index < -0.39 is 0 Å². The zero-order chi connectivity index (χ0) is 11.6. The maximum Gasteiger partial charge on any atom is 0.0175 e. The summed E-state index contributed by atoms with van der Waals surface area (Å²) in [5, 5.41) is 3.51. The molecule has 0 saturated carbocycles. The van der Waals surface area contributed by atoms with Crippen molar-refractivity contribution in [1.29, 1.82) is 0 Å². The highest BCUT2D eigenvalue weighted by Gasteiger charge is 2.31. The van der Waals surface area contributed by atoms with Gasteiger partial charge < -0.3 is 5.32 Å². The molecule has 0 amide bonds. The van der Waals surface area contributed by atoms with Gasteiger partial charge in [0, 0.05) is 4.47 Å². The van der Waals surface area contributed by atoms with Gasteiger partial charge >= 0.3 is 0 Å². The topological polar surface area (TPSA) is 12.0 Å². The van der Waals surface area contributed by atoms with Gasteiger partial charge in [-0.15, -0.1) is 0 Å². The molecule has 1 unspecified atom stereocenters. The van der Waals surface area contributed by atoms with Crippen LogP contribution in [0.2, 0.25) is 0 Å². The normalized spacial score (nSPS) is 22.1. The van der Waals surface area contributed by atoms with E-state index in [-0.39, 0.29) is 5.41 Å². The Labute approximate surface area is 107 Å². The fourth-order valence-electron chi connectivity index (χ4n) is 2.58. The second-order valence-corrected chi connectivity index (χ2v) is 6.19. The van der Waals surface area contributed by atoms with Crippen molar-refractivity contribution in [2.24, 2.45) is 5.92 Å². The Morgan fingerprint density at radius 1 is 1.25 bits per heavy atom. The first-order valence-electron chi connectivity index (χ1n) is 6.07. The summed E-state index contributed by atoms with van der Waals surface area (Å²) in [5.41, 5.74) is 1.72. The van der Waals surface area contributed by atoms with Crippen molar-refractivity contribution in [2.75, 3.05) is 13.1 Å². The molecule has 1 aliphatic rings. The van der Waals surface area contributed by atoms with Crippen LogP contribution in [0.4, 0.5) is 0 Å². The number of halogens is 1. The summed E-state index contributed by atoms with van der Waals surface area (Å²) >= 11 is 3.50. The highest BCUT2D eigenvalue weighted by Crippen LogP contribution is 2.35. The molecule has 1 fully saturated rings. The van der Waals surface area contributed by atoms with Crippen LogP contribution in [0.3, 0.4) is 0 Å². The van der Waals surface area contributed by atoms with Crippen LogP contribution in [-0.4, -0.2) is 13.1 Å². The van der Waals surface area contributed by atoms with Crippen molar-refractivity contribution in [1.82, 2.24) is 5.32 Å². The third kappa shape index (κ3) is 2.49. The van der Waals surface area contributed by atoms with Crippen LogP contribution in [0.25, 0.3) is 0 Å². The number of hydrogen-bond acceptors (Lipinski definition) is 1. The molecule has 0 aliphatic carbocycles. The second-order valence-electron chi connectivity index (χ2n) is 5.27. The Balaban J connectivity index is 2.19. The third-order valence-corrected chi connectivity index (χ3v) is 4.43.